The molecule has 1 unspecified atom stereocenters. The summed E-state index contributed by atoms with van der Waals surface area (Å²) in [6, 6.07) is 0. The van der Waals surface area contributed by atoms with Gasteiger partial charge < -0.3 is 5.32 Å². The lowest BCUT2D eigenvalue weighted by molar-refractivity contribution is 0.444. The van der Waals surface area contributed by atoms with Gasteiger partial charge in [0, 0.05) is 25.8 Å². The second-order valence-electron chi connectivity index (χ2n) is 5.70. The van der Waals surface area contributed by atoms with Crippen LogP contribution in [-0.4, -0.2) is 49.2 Å². The molecular weight excluding hydrogens is 288 g/mol. The lowest BCUT2D eigenvalue weighted by atomic mass is 10.0. The van der Waals surface area contributed by atoms with Crippen LogP contribution in [0.1, 0.15) is 32.6 Å². The fraction of sp³-hybridized carbons (Fsp3) is 0.786. The normalized spacial score (nSPS) is 20.2. The summed E-state index contributed by atoms with van der Waals surface area (Å²) in [4.78, 5) is 0.323. The summed E-state index contributed by atoms with van der Waals surface area (Å²) >= 11 is 0. The number of rotatable bonds is 8. The standard InChI is InChI=1S/C14H26N4O2S/c1-3-5-13-6-9-18(11-13)21(19,20)14-10-16-17(12-14)8-4-7-15-2/h10,12-13,15H,3-9,11H2,1-2H3. The van der Waals surface area contributed by atoms with Crippen molar-refractivity contribution in [2.45, 2.75) is 44.0 Å². The second kappa shape index (κ2) is 7.38. The molecule has 0 amide bonds. The molecule has 0 radical (unpaired) electrons. The van der Waals surface area contributed by atoms with Crippen LogP contribution < -0.4 is 5.32 Å². The summed E-state index contributed by atoms with van der Waals surface area (Å²) in [5.41, 5.74) is 0. The van der Waals surface area contributed by atoms with E-state index >= 15 is 0 Å². The van der Waals surface area contributed by atoms with Crippen molar-refractivity contribution in [3.05, 3.63) is 12.4 Å². The fourth-order valence-electron chi connectivity index (χ4n) is 2.83. The van der Waals surface area contributed by atoms with Gasteiger partial charge in [0.15, 0.2) is 0 Å². The Balaban J connectivity index is 2.00. The zero-order chi connectivity index (χ0) is 15.3. The Kier molecular flexibility index (Phi) is 5.78. The number of aromatic nitrogens is 2. The summed E-state index contributed by atoms with van der Waals surface area (Å²) in [7, 11) is -1.46. The molecule has 1 aliphatic heterocycles. The van der Waals surface area contributed by atoms with Crippen molar-refractivity contribution in [3.8, 4) is 0 Å². The Morgan fingerprint density at radius 1 is 1.48 bits per heavy atom. The molecule has 120 valence electrons. The molecule has 1 aromatic heterocycles. The first-order valence-corrected chi connectivity index (χ1v) is 9.19. The minimum absolute atomic E-state index is 0.323. The van der Waals surface area contributed by atoms with Gasteiger partial charge >= 0.3 is 0 Å². The highest BCUT2D eigenvalue weighted by molar-refractivity contribution is 7.89. The van der Waals surface area contributed by atoms with Crippen molar-refractivity contribution < 1.29 is 8.42 Å². The van der Waals surface area contributed by atoms with Crippen molar-refractivity contribution in [2.24, 2.45) is 5.92 Å². The highest BCUT2D eigenvalue weighted by atomic mass is 32.2. The topological polar surface area (TPSA) is 67.2 Å². The van der Waals surface area contributed by atoms with Crippen molar-refractivity contribution in [3.63, 3.8) is 0 Å². The fourth-order valence-corrected chi connectivity index (χ4v) is 4.31. The number of nitrogens with one attached hydrogen (secondary N) is 1. The molecule has 1 N–H and O–H groups in total. The second-order valence-corrected chi connectivity index (χ2v) is 7.64. The summed E-state index contributed by atoms with van der Waals surface area (Å²) in [6.45, 7) is 5.06. The Hall–Kier alpha value is -0.920. The largest absolute Gasteiger partial charge is 0.320 e. The number of sulfonamides is 1. The van der Waals surface area contributed by atoms with Gasteiger partial charge in [0.2, 0.25) is 10.0 Å². The predicted octanol–water partition coefficient (Wildman–Crippen LogP) is 1.30. The van der Waals surface area contributed by atoms with E-state index in [4.69, 9.17) is 0 Å². The lowest BCUT2D eigenvalue weighted by Gasteiger charge is -2.15. The van der Waals surface area contributed by atoms with E-state index in [0.717, 1.165) is 38.8 Å². The summed E-state index contributed by atoms with van der Waals surface area (Å²) in [5, 5.41) is 7.23. The summed E-state index contributed by atoms with van der Waals surface area (Å²) < 4.78 is 28.5. The average molecular weight is 314 g/mol. The maximum atomic E-state index is 12.6. The third-order valence-corrected chi connectivity index (χ3v) is 5.82. The van der Waals surface area contributed by atoms with Crippen LogP contribution in [0, 0.1) is 5.92 Å². The van der Waals surface area contributed by atoms with Gasteiger partial charge in [0.1, 0.15) is 4.90 Å². The smallest absolute Gasteiger partial charge is 0.246 e. The Labute approximate surface area is 127 Å². The van der Waals surface area contributed by atoms with Crippen molar-refractivity contribution >= 4 is 10.0 Å². The molecule has 7 heteroatoms. The summed E-state index contributed by atoms with van der Waals surface area (Å²) in [5.74, 6) is 0.510. The van der Waals surface area contributed by atoms with Gasteiger partial charge in [-0.1, -0.05) is 13.3 Å². The Morgan fingerprint density at radius 3 is 3.00 bits per heavy atom. The zero-order valence-corrected chi connectivity index (χ0v) is 13.8. The minimum Gasteiger partial charge on any atom is -0.320 e. The van der Waals surface area contributed by atoms with Gasteiger partial charge in [0.25, 0.3) is 0 Å². The van der Waals surface area contributed by atoms with E-state index in [1.165, 1.54) is 6.20 Å². The molecule has 1 aromatic rings. The molecule has 2 rings (SSSR count). The van der Waals surface area contributed by atoms with Gasteiger partial charge in [-0.2, -0.15) is 9.40 Å². The highest BCUT2D eigenvalue weighted by Crippen LogP contribution is 2.26. The van der Waals surface area contributed by atoms with E-state index in [2.05, 4.69) is 17.3 Å². The maximum absolute atomic E-state index is 12.6. The Morgan fingerprint density at radius 2 is 2.29 bits per heavy atom. The average Bonchev–Trinajstić information content (AvgIpc) is 3.09. The third-order valence-electron chi connectivity index (χ3n) is 4.01. The molecule has 1 fully saturated rings. The first-order valence-electron chi connectivity index (χ1n) is 7.75. The number of aryl methyl sites for hydroxylation is 1. The van der Waals surface area contributed by atoms with Crippen LogP contribution in [0.25, 0.3) is 0 Å². The van der Waals surface area contributed by atoms with E-state index in [1.54, 1.807) is 15.2 Å². The molecule has 0 aliphatic carbocycles. The molecule has 0 saturated carbocycles. The zero-order valence-electron chi connectivity index (χ0n) is 13.0. The van der Waals surface area contributed by atoms with E-state index in [0.29, 0.717) is 23.9 Å². The van der Waals surface area contributed by atoms with Crippen molar-refractivity contribution in [1.29, 1.82) is 0 Å². The van der Waals surface area contributed by atoms with E-state index in [9.17, 15) is 8.42 Å². The van der Waals surface area contributed by atoms with Crippen LogP contribution in [0.15, 0.2) is 17.3 Å². The van der Waals surface area contributed by atoms with Crippen LogP contribution in [0.3, 0.4) is 0 Å². The molecule has 0 bridgehead atoms. The molecule has 21 heavy (non-hydrogen) atoms. The highest BCUT2D eigenvalue weighted by Gasteiger charge is 2.32. The van der Waals surface area contributed by atoms with Crippen LogP contribution >= 0.6 is 0 Å². The maximum Gasteiger partial charge on any atom is 0.246 e. The molecule has 1 atom stereocenters. The number of nitrogens with zero attached hydrogens (tertiary/aromatic N) is 3. The molecular formula is C14H26N4O2S. The van der Waals surface area contributed by atoms with Gasteiger partial charge in [0.05, 0.1) is 6.20 Å². The van der Waals surface area contributed by atoms with E-state index < -0.39 is 10.0 Å². The van der Waals surface area contributed by atoms with Crippen LogP contribution in [0.5, 0.6) is 0 Å². The van der Waals surface area contributed by atoms with Gasteiger partial charge in [-0.05, 0) is 38.8 Å². The molecule has 1 aliphatic rings. The monoisotopic (exact) mass is 314 g/mol. The number of hydrogen-bond donors (Lipinski definition) is 1. The number of hydrogen-bond acceptors (Lipinski definition) is 4. The molecule has 0 aromatic carbocycles. The SMILES string of the molecule is CCCC1CCN(S(=O)(=O)c2cnn(CCCNC)c2)C1. The van der Waals surface area contributed by atoms with Gasteiger partial charge in [-0.25, -0.2) is 8.42 Å². The molecule has 6 nitrogen and oxygen atoms in total. The summed E-state index contributed by atoms with van der Waals surface area (Å²) in [6.07, 6.45) is 7.25. The Bertz CT molecular complexity index is 541. The molecule has 0 spiro atoms. The quantitative estimate of drug-likeness (QED) is 0.735. The first kappa shape index (κ1) is 16.5. The van der Waals surface area contributed by atoms with E-state index in [1.807, 2.05) is 7.05 Å². The van der Waals surface area contributed by atoms with Crippen molar-refractivity contribution in [1.82, 2.24) is 19.4 Å². The van der Waals surface area contributed by atoms with Crippen LogP contribution in [-0.2, 0) is 16.6 Å². The third kappa shape index (κ3) is 4.05. The van der Waals surface area contributed by atoms with Crippen LogP contribution in [0.2, 0.25) is 0 Å². The predicted molar refractivity (Wildman–Crippen MR) is 82.5 cm³/mol. The van der Waals surface area contributed by atoms with Gasteiger partial charge in [-0.3, -0.25) is 4.68 Å². The van der Waals surface area contributed by atoms with Crippen molar-refractivity contribution in [2.75, 3.05) is 26.7 Å². The van der Waals surface area contributed by atoms with Crippen LogP contribution in [0.4, 0.5) is 0 Å². The molecule has 1 saturated heterocycles. The first-order chi connectivity index (χ1) is 10.1. The minimum atomic E-state index is -3.37. The van der Waals surface area contributed by atoms with Gasteiger partial charge in [-0.15, -0.1) is 0 Å². The lowest BCUT2D eigenvalue weighted by Crippen LogP contribution is -2.28. The molecule has 2 heterocycles. The van der Waals surface area contributed by atoms with E-state index in [-0.39, 0.29) is 0 Å².